The number of halogens is 8. The zero-order valence-corrected chi connectivity index (χ0v) is 29.3. The van der Waals surface area contributed by atoms with Crippen LogP contribution in [0.25, 0.3) is 0 Å². The lowest BCUT2D eigenvalue weighted by Gasteiger charge is -2.42. The first kappa shape index (κ1) is 39.9. The van der Waals surface area contributed by atoms with Gasteiger partial charge in [0.2, 0.25) is 0 Å². The van der Waals surface area contributed by atoms with Gasteiger partial charge in [-0.15, -0.1) is 0 Å². The molecule has 0 amide bonds. The molecule has 2 aromatic carbocycles. The molecule has 2 aliphatic carbocycles. The van der Waals surface area contributed by atoms with E-state index >= 15 is 0 Å². The Bertz CT molecular complexity index is 1660. The van der Waals surface area contributed by atoms with E-state index in [4.69, 9.17) is 27.9 Å². The van der Waals surface area contributed by atoms with Crippen molar-refractivity contribution in [3.63, 3.8) is 0 Å². The van der Waals surface area contributed by atoms with Crippen LogP contribution in [-0.4, -0.2) is 57.9 Å². The van der Waals surface area contributed by atoms with Gasteiger partial charge < -0.3 is 4.74 Å². The predicted octanol–water partition coefficient (Wildman–Crippen LogP) is 8.85. The fourth-order valence-corrected chi connectivity index (χ4v) is 7.70. The fraction of sp³-hybridized carbons (Fsp3) is 0.412. The van der Waals surface area contributed by atoms with Gasteiger partial charge in [-0.1, -0.05) is 87.3 Å². The van der Waals surface area contributed by atoms with Crippen molar-refractivity contribution in [2.45, 2.75) is 63.2 Å². The van der Waals surface area contributed by atoms with Gasteiger partial charge in [0.15, 0.2) is 0 Å². The van der Waals surface area contributed by atoms with Crippen LogP contribution in [0.15, 0.2) is 94.4 Å². The lowest BCUT2D eigenvalue weighted by atomic mass is 9.76. The predicted molar refractivity (Wildman–Crippen MR) is 179 cm³/mol. The van der Waals surface area contributed by atoms with Gasteiger partial charge in [-0.3, -0.25) is 30.0 Å². The number of alkyl halides is 6. The Kier molecular flexibility index (Phi) is 11.7. The van der Waals surface area contributed by atoms with Gasteiger partial charge in [0.05, 0.1) is 21.2 Å². The van der Waals surface area contributed by atoms with Crippen LogP contribution in [0.4, 0.5) is 26.3 Å². The smallest absolute Gasteiger partial charge is 0.416 e. The molecule has 0 spiro atoms. The second-order valence-electron chi connectivity index (χ2n) is 11.7. The van der Waals surface area contributed by atoms with Crippen LogP contribution in [-0.2, 0) is 28.2 Å². The number of nitro groups is 2. The summed E-state index contributed by atoms with van der Waals surface area (Å²) in [7, 11) is 0. The number of benzene rings is 2. The van der Waals surface area contributed by atoms with Crippen molar-refractivity contribution in [3.8, 4) is 0 Å². The van der Waals surface area contributed by atoms with E-state index in [9.17, 15) is 46.6 Å². The Morgan fingerprint density at radius 2 is 0.980 bits per heavy atom. The number of likely N-dealkylation sites (N-methyl/N-ethyl adjacent to an activating group) is 2. The van der Waals surface area contributed by atoms with Crippen LogP contribution in [0.5, 0.6) is 0 Å². The zero-order valence-electron chi connectivity index (χ0n) is 27.8. The van der Waals surface area contributed by atoms with E-state index in [1.54, 1.807) is 27.7 Å². The maximum Gasteiger partial charge on any atom is 0.416 e. The molecule has 17 heteroatoms. The molecule has 0 saturated heterocycles. The van der Waals surface area contributed by atoms with Gasteiger partial charge >= 0.3 is 12.4 Å². The molecular formula is C34H34Cl2F6N4O5. The summed E-state index contributed by atoms with van der Waals surface area (Å²) >= 11 is 13.8. The van der Waals surface area contributed by atoms with Gasteiger partial charge in [-0.2, -0.15) is 26.3 Å². The van der Waals surface area contributed by atoms with Crippen LogP contribution < -0.4 is 0 Å². The molecule has 276 valence electrons. The molecule has 0 aliphatic heterocycles. The molecule has 0 radical (unpaired) electrons. The molecule has 9 nitrogen and oxygen atoms in total. The molecule has 0 heterocycles. The third kappa shape index (κ3) is 6.88. The Morgan fingerprint density at radius 1 is 0.667 bits per heavy atom. The lowest BCUT2D eigenvalue weighted by Crippen LogP contribution is -2.56. The molecule has 0 fully saturated rings. The van der Waals surface area contributed by atoms with Crippen LogP contribution >= 0.6 is 23.2 Å². The molecule has 0 saturated carbocycles. The fourth-order valence-electron chi connectivity index (χ4n) is 6.89. The molecule has 0 aromatic heterocycles. The number of ether oxygens (including phenoxy) is 1. The minimum absolute atomic E-state index is 0.111. The highest BCUT2D eigenvalue weighted by Crippen LogP contribution is 2.50. The van der Waals surface area contributed by atoms with E-state index in [2.05, 4.69) is 0 Å². The highest BCUT2D eigenvalue weighted by molar-refractivity contribution is 6.31. The molecule has 0 N–H and O–H groups in total. The van der Waals surface area contributed by atoms with Crippen molar-refractivity contribution in [1.29, 1.82) is 0 Å². The Hall–Kier alpha value is -3.92. The van der Waals surface area contributed by atoms with E-state index in [-0.39, 0.29) is 47.8 Å². The maximum atomic E-state index is 14.3. The normalized spacial score (nSPS) is 24.1. The van der Waals surface area contributed by atoms with Crippen molar-refractivity contribution in [1.82, 2.24) is 9.80 Å². The summed E-state index contributed by atoms with van der Waals surface area (Å²) in [5.41, 5.74) is -8.93. The number of rotatable bonds is 12. The largest absolute Gasteiger partial charge is 0.455 e. The van der Waals surface area contributed by atoms with Crippen molar-refractivity contribution in [2.24, 2.45) is 0 Å². The highest BCUT2D eigenvalue weighted by Gasteiger charge is 2.61. The molecule has 4 rings (SSSR count). The summed E-state index contributed by atoms with van der Waals surface area (Å²) < 4.78 is 91.7. The summed E-state index contributed by atoms with van der Waals surface area (Å²) in [4.78, 5) is 27.3. The second-order valence-corrected chi connectivity index (χ2v) is 12.5. The molecule has 0 bridgehead atoms. The van der Waals surface area contributed by atoms with E-state index in [0.29, 0.717) is 0 Å². The lowest BCUT2D eigenvalue weighted by molar-refractivity contribution is -0.571. The quantitative estimate of drug-likeness (QED) is 0.121. The standard InChI is InChI=1S/C34H34Cl2F6N4O5/c1-5-43(6-2)29-27(35)25(17-19-31(29,45(47)48)21-13-9-11-15-23(21)33(37,38)39)51-26-18-20-32(46(49)50,30(28(26)36)44(7-3)8-4)22-14-10-12-16-24(22)34(40,41)42/h9-20,29-30H,5-8H2,1-4H3. The van der Waals surface area contributed by atoms with Crippen LogP contribution in [0.1, 0.15) is 49.9 Å². The van der Waals surface area contributed by atoms with Crippen LogP contribution in [0, 0.1) is 20.2 Å². The summed E-state index contributed by atoms with van der Waals surface area (Å²) in [6.45, 7) is 7.00. The van der Waals surface area contributed by atoms with E-state index in [1.165, 1.54) is 21.9 Å². The Balaban J connectivity index is 1.96. The number of hydrogen-bond donors (Lipinski definition) is 0. The number of nitrogens with zero attached hydrogens (tertiary/aromatic N) is 4. The van der Waals surface area contributed by atoms with Crippen molar-refractivity contribution < 1.29 is 40.9 Å². The summed E-state index contributed by atoms with van der Waals surface area (Å²) in [5, 5.41) is 25.3. The van der Waals surface area contributed by atoms with Gasteiger partial charge in [-0.05, 0) is 50.5 Å². The third-order valence-electron chi connectivity index (χ3n) is 9.27. The van der Waals surface area contributed by atoms with Gasteiger partial charge in [0.1, 0.15) is 23.6 Å². The zero-order chi connectivity index (χ0) is 38.1. The van der Waals surface area contributed by atoms with Gasteiger partial charge in [-0.25, -0.2) is 0 Å². The maximum absolute atomic E-state index is 14.3. The van der Waals surface area contributed by atoms with Gasteiger partial charge in [0, 0.05) is 33.1 Å². The van der Waals surface area contributed by atoms with Gasteiger partial charge in [0.25, 0.3) is 11.1 Å². The third-order valence-corrected chi connectivity index (χ3v) is 10.1. The Labute approximate surface area is 299 Å². The first-order valence-corrected chi connectivity index (χ1v) is 16.6. The van der Waals surface area contributed by atoms with Crippen molar-refractivity contribution in [3.05, 3.63) is 137 Å². The molecule has 2 aromatic rings. The SMILES string of the molecule is CCN(CC)C1C(Cl)=C(OC2=C(Cl)C(N(CC)CC)C(c3ccccc3C(F)(F)F)([N+](=O)[O-])C=C2)C=CC1(c1ccccc1C(F)(F)F)[N+](=O)[O-]. The molecule has 4 unspecified atom stereocenters. The number of hydrogen-bond acceptors (Lipinski definition) is 7. The topological polar surface area (TPSA) is 102 Å². The highest BCUT2D eigenvalue weighted by atomic mass is 35.5. The van der Waals surface area contributed by atoms with E-state index in [0.717, 1.165) is 60.7 Å². The minimum Gasteiger partial charge on any atom is -0.455 e. The molecule has 4 atom stereocenters. The first-order chi connectivity index (χ1) is 23.9. The average Bonchev–Trinajstić information content (AvgIpc) is 3.08. The summed E-state index contributed by atoms with van der Waals surface area (Å²) in [6.07, 6.45) is -5.97. The average molecular weight is 764 g/mol. The Morgan fingerprint density at radius 3 is 1.25 bits per heavy atom. The number of allylic oxidation sites excluding steroid dienone is 2. The second kappa shape index (κ2) is 15.0. The van der Waals surface area contributed by atoms with Crippen LogP contribution in [0.3, 0.4) is 0 Å². The van der Waals surface area contributed by atoms with Crippen molar-refractivity contribution >= 4 is 23.2 Å². The minimum atomic E-state index is -4.97. The van der Waals surface area contributed by atoms with Crippen LogP contribution in [0.2, 0.25) is 0 Å². The molecule has 51 heavy (non-hydrogen) atoms. The first-order valence-electron chi connectivity index (χ1n) is 15.8. The summed E-state index contributed by atoms with van der Waals surface area (Å²) in [5.74, 6) is -0.535. The summed E-state index contributed by atoms with van der Waals surface area (Å²) in [6, 6.07) is 5.11. The monoisotopic (exact) mass is 762 g/mol. The van der Waals surface area contributed by atoms with E-state index < -0.39 is 67.6 Å². The van der Waals surface area contributed by atoms with E-state index in [1.807, 2.05) is 0 Å². The van der Waals surface area contributed by atoms with Crippen molar-refractivity contribution in [2.75, 3.05) is 26.2 Å². The molecular weight excluding hydrogens is 729 g/mol. The molecule has 2 aliphatic rings.